The molecule has 0 heterocycles. The van der Waals surface area contributed by atoms with Crippen molar-refractivity contribution in [2.75, 3.05) is 5.32 Å². The highest BCUT2D eigenvalue weighted by Crippen LogP contribution is 2.34. The van der Waals surface area contributed by atoms with E-state index in [1.165, 1.54) is 12.1 Å². The lowest BCUT2D eigenvalue weighted by molar-refractivity contribution is -0.115. The van der Waals surface area contributed by atoms with Gasteiger partial charge in [0.05, 0.1) is 16.9 Å². The van der Waals surface area contributed by atoms with Gasteiger partial charge in [-0.1, -0.05) is 35.9 Å². The standard InChI is InChI=1S/C21H16ClNO5S/c22-17-7-2-1-4-13(17)11-20(24)23-15-8-9-18(19(12-15)29-27)28-16-6-3-5-14(10-16)21(25)26/h1-10,12,27H,11H2,(H,23,24)(H,25,26). The first-order valence-electron chi connectivity index (χ1n) is 8.46. The highest BCUT2D eigenvalue weighted by molar-refractivity contribution is 7.93. The number of carbonyl (C=O) groups is 2. The Morgan fingerprint density at radius 2 is 1.83 bits per heavy atom. The van der Waals surface area contributed by atoms with Crippen LogP contribution in [0.2, 0.25) is 5.02 Å². The maximum absolute atomic E-state index is 12.3. The van der Waals surface area contributed by atoms with E-state index in [1.54, 1.807) is 54.6 Å². The smallest absolute Gasteiger partial charge is 0.335 e. The Balaban J connectivity index is 1.73. The van der Waals surface area contributed by atoms with Crippen molar-refractivity contribution in [2.24, 2.45) is 0 Å². The van der Waals surface area contributed by atoms with Gasteiger partial charge in [-0.05, 0) is 48.0 Å². The van der Waals surface area contributed by atoms with Gasteiger partial charge in [0.25, 0.3) is 0 Å². The topological polar surface area (TPSA) is 95.9 Å². The average molecular weight is 430 g/mol. The van der Waals surface area contributed by atoms with Crippen LogP contribution in [0, 0.1) is 0 Å². The molecule has 3 N–H and O–H groups in total. The molecule has 0 aliphatic carbocycles. The van der Waals surface area contributed by atoms with Gasteiger partial charge in [-0.3, -0.25) is 4.79 Å². The number of carbonyl (C=O) groups excluding carboxylic acids is 1. The van der Waals surface area contributed by atoms with E-state index in [9.17, 15) is 14.1 Å². The maximum atomic E-state index is 12.3. The number of hydrogen-bond donors (Lipinski definition) is 3. The molecule has 3 rings (SSSR count). The minimum Gasteiger partial charge on any atom is -0.478 e. The predicted molar refractivity (Wildman–Crippen MR) is 112 cm³/mol. The zero-order chi connectivity index (χ0) is 20.8. The molecule has 0 atom stereocenters. The minimum absolute atomic E-state index is 0.0872. The molecule has 0 aromatic heterocycles. The molecule has 0 bridgehead atoms. The number of halogens is 1. The van der Waals surface area contributed by atoms with Gasteiger partial charge in [-0.15, -0.1) is 0 Å². The van der Waals surface area contributed by atoms with Crippen molar-refractivity contribution < 1.29 is 24.0 Å². The Hall–Kier alpha value is -3.00. The summed E-state index contributed by atoms with van der Waals surface area (Å²) in [6.45, 7) is 0. The molecule has 0 radical (unpaired) electrons. The van der Waals surface area contributed by atoms with Gasteiger partial charge < -0.3 is 19.7 Å². The lowest BCUT2D eigenvalue weighted by atomic mass is 10.1. The van der Waals surface area contributed by atoms with Crippen LogP contribution in [0.4, 0.5) is 5.69 Å². The largest absolute Gasteiger partial charge is 0.478 e. The number of amides is 1. The molecule has 0 aliphatic rings. The fraction of sp³-hybridized carbons (Fsp3) is 0.0476. The number of nitrogens with one attached hydrogen (secondary N) is 1. The summed E-state index contributed by atoms with van der Waals surface area (Å²) in [6.07, 6.45) is 0.113. The van der Waals surface area contributed by atoms with Crippen molar-refractivity contribution in [1.82, 2.24) is 0 Å². The first kappa shape index (κ1) is 20.7. The third kappa shape index (κ3) is 5.51. The van der Waals surface area contributed by atoms with E-state index in [-0.39, 0.29) is 17.9 Å². The second-order valence-electron chi connectivity index (χ2n) is 6.00. The van der Waals surface area contributed by atoms with Crippen LogP contribution in [-0.4, -0.2) is 21.5 Å². The third-order valence-electron chi connectivity index (χ3n) is 3.94. The van der Waals surface area contributed by atoms with E-state index in [2.05, 4.69) is 5.32 Å². The Morgan fingerprint density at radius 3 is 2.55 bits per heavy atom. The normalized spacial score (nSPS) is 10.4. The van der Waals surface area contributed by atoms with E-state index in [0.717, 1.165) is 0 Å². The Morgan fingerprint density at radius 1 is 1.03 bits per heavy atom. The van der Waals surface area contributed by atoms with Crippen LogP contribution in [0.15, 0.2) is 71.6 Å². The summed E-state index contributed by atoms with van der Waals surface area (Å²) in [4.78, 5) is 23.7. The van der Waals surface area contributed by atoms with Gasteiger partial charge >= 0.3 is 5.97 Å². The SMILES string of the molecule is O=C(Cc1ccccc1Cl)Nc1ccc(Oc2cccc(C(=O)O)c2)c(SO)c1. The number of rotatable bonds is 7. The van der Waals surface area contributed by atoms with Gasteiger partial charge in [-0.2, -0.15) is 0 Å². The molecule has 0 aliphatic heterocycles. The molecule has 0 saturated heterocycles. The lowest BCUT2D eigenvalue weighted by Gasteiger charge is -2.12. The highest BCUT2D eigenvalue weighted by Gasteiger charge is 2.12. The fourth-order valence-corrected chi connectivity index (χ4v) is 3.16. The Labute approximate surface area is 176 Å². The first-order valence-corrected chi connectivity index (χ1v) is 9.61. The summed E-state index contributed by atoms with van der Waals surface area (Å²) in [5, 5.41) is 12.3. The second-order valence-corrected chi connectivity index (χ2v) is 7.03. The van der Waals surface area contributed by atoms with Gasteiger partial charge in [0, 0.05) is 22.8 Å². The number of anilines is 1. The zero-order valence-corrected chi connectivity index (χ0v) is 16.5. The number of benzene rings is 3. The highest BCUT2D eigenvalue weighted by atomic mass is 35.5. The molecule has 0 fully saturated rings. The summed E-state index contributed by atoms with van der Waals surface area (Å²) in [5.41, 5.74) is 1.27. The summed E-state index contributed by atoms with van der Waals surface area (Å²) >= 11 is 6.54. The predicted octanol–water partition coefficient (Wildman–Crippen LogP) is 5.58. The monoisotopic (exact) mass is 429 g/mol. The quantitative estimate of drug-likeness (QED) is 0.424. The van der Waals surface area contributed by atoms with Crippen LogP contribution >= 0.6 is 23.6 Å². The Bertz CT molecular complexity index is 1060. The average Bonchev–Trinajstić information content (AvgIpc) is 2.71. The zero-order valence-electron chi connectivity index (χ0n) is 15.0. The van der Waals surface area contributed by atoms with E-state index in [4.69, 9.17) is 21.4 Å². The van der Waals surface area contributed by atoms with Crippen molar-refractivity contribution in [3.8, 4) is 11.5 Å². The second kappa shape index (κ2) is 9.47. The van der Waals surface area contributed by atoms with E-state index < -0.39 is 5.97 Å². The van der Waals surface area contributed by atoms with Crippen molar-refractivity contribution in [3.05, 3.63) is 82.9 Å². The number of hydrogen-bond acceptors (Lipinski definition) is 5. The summed E-state index contributed by atoms with van der Waals surface area (Å²) in [7, 11) is 0. The van der Waals surface area contributed by atoms with Gasteiger partial charge in [0.1, 0.15) is 11.5 Å². The third-order valence-corrected chi connectivity index (χ3v) is 4.83. The number of ether oxygens (including phenoxy) is 1. The molecule has 0 spiro atoms. The number of carboxylic acids is 1. The number of carboxylic acid groups (broad SMARTS) is 1. The minimum atomic E-state index is -1.07. The van der Waals surface area contributed by atoms with Gasteiger partial charge in [0.2, 0.25) is 5.91 Å². The van der Waals surface area contributed by atoms with Crippen LogP contribution in [0.25, 0.3) is 0 Å². The van der Waals surface area contributed by atoms with Crippen molar-refractivity contribution >= 4 is 41.2 Å². The molecular formula is C21H16ClNO5S. The van der Waals surface area contributed by atoms with E-state index in [1.807, 2.05) is 0 Å². The number of aromatic carboxylic acids is 1. The lowest BCUT2D eigenvalue weighted by Crippen LogP contribution is -2.14. The molecular weight excluding hydrogens is 414 g/mol. The molecule has 0 saturated carbocycles. The fourth-order valence-electron chi connectivity index (χ4n) is 2.58. The molecule has 3 aromatic rings. The summed E-state index contributed by atoms with van der Waals surface area (Å²) in [6, 6.07) is 17.9. The molecule has 3 aromatic carbocycles. The Kier molecular flexibility index (Phi) is 6.77. The summed E-state index contributed by atoms with van der Waals surface area (Å²) < 4.78 is 15.3. The van der Waals surface area contributed by atoms with Crippen LogP contribution in [0.3, 0.4) is 0 Å². The van der Waals surface area contributed by atoms with Crippen molar-refractivity contribution in [3.63, 3.8) is 0 Å². The first-order chi connectivity index (χ1) is 14.0. The molecule has 148 valence electrons. The van der Waals surface area contributed by atoms with Gasteiger partial charge in [0.15, 0.2) is 0 Å². The van der Waals surface area contributed by atoms with Crippen LogP contribution < -0.4 is 10.1 Å². The molecule has 8 heteroatoms. The molecule has 29 heavy (non-hydrogen) atoms. The maximum Gasteiger partial charge on any atom is 0.335 e. The molecule has 0 unspecified atom stereocenters. The van der Waals surface area contributed by atoms with Crippen molar-refractivity contribution in [2.45, 2.75) is 11.3 Å². The van der Waals surface area contributed by atoms with E-state index in [0.29, 0.717) is 44.7 Å². The molecule has 6 nitrogen and oxygen atoms in total. The van der Waals surface area contributed by atoms with Crippen LogP contribution in [-0.2, 0) is 11.2 Å². The summed E-state index contributed by atoms with van der Waals surface area (Å²) in [5.74, 6) is -0.682. The van der Waals surface area contributed by atoms with E-state index >= 15 is 0 Å². The van der Waals surface area contributed by atoms with Crippen LogP contribution in [0.1, 0.15) is 15.9 Å². The van der Waals surface area contributed by atoms with Crippen molar-refractivity contribution in [1.29, 1.82) is 0 Å². The van der Waals surface area contributed by atoms with Gasteiger partial charge in [-0.25, -0.2) is 4.79 Å². The molecule has 1 amide bonds. The van der Waals surface area contributed by atoms with Crippen LogP contribution in [0.5, 0.6) is 11.5 Å².